The first kappa shape index (κ1) is 25.5. The zero-order chi connectivity index (χ0) is 27.6. The number of nitrogens with zero attached hydrogens (tertiary/aromatic N) is 4. The highest BCUT2D eigenvalue weighted by molar-refractivity contribution is 6.31. The van der Waals surface area contributed by atoms with Crippen LogP contribution in [0.1, 0.15) is 42.5 Å². The van der Waals surface area contributed by atoms with E-state index in [2.05, 4.69) is 33.6 Å². The first-order valence-electron chi connectivity index (χ1n) is 12.6. The number of aromatic nitrogens is 3. The number of hydrogen-bond acceptors (Lipinski definition) is 6. The number of hydrogen-bond donors (Lipinski definition) is 1. The Morgan fingerprint density at radius 3 is 2.56 bits per heavy atom. The Morgan fingerprint density at radius 1 is 1.05 bits per heavy atom. The normalized spacial score (nSPS) is 17.5. The summed E-state index contributed by atoms with van der Waals surface area (Å²) in [6, 6.07) is 13.0. The van der Waals surface area contributed by atoms with Crippen LogP contribution in [0.4, 0.5) is 11.4 Å². The van der Waals surface area contributed by atoms with E-state index in [9.17, 15) is 4.79 Å². The lowest BCUT2D eigenvalue weighted by Gasteiger charge is -2.37. The third-order valence-electron chi connectivity index (χ3n) is 7.47. The Balaban J connectivity index is 1.68. The van der Waals surface area contributed by atoms with E-state index in [-0.39, 0.29) is 11.9 Å². The summed E-state index contributed by atoms with van der Waals surface area (Å²) in [6.45, 7) is 6.45. The molecule has 4 aromatic rings. The largest absolute Gasteiger partial charge is 0.497 e. The van der Waals surface area contributed by atoms with E-state index in [1.807, 2.05) is 43.3 Å². The summed E-state index contributed by atoms with van der Waals surface area (Å²) in [5.74, 6) is 1.83. The van der Waals surface area contributed by atoms with Gasteiger partial charge in [0, 0.05) is 34.6 Å². The number of fused-ring (bicyclic) bond motifs is 4. The number of halogens is 2. The molecular formula is C29H27Cl2N5O3. The molecule has 1 spiro atoms. The predicted molar refractivity (Wildman–Crippen MR) is 152 cm³/mol. The molecule has 0 fully saturated rings. The van der Waals surface area contributed by atoms with E-state index in [1.165, 1.54) is 0 Å². The van der Waals surface area contributed by atoms with Crippen molar-refractivity contribution in [1.82, 2.24) is 14.5 Å². The van der Waals surface area contributed by atoms with Gasteiger partial charge in [-0.15, -0.1) is 0 Å². The molecule has 0 saturated carbocycles. The number of amides is 1. The lowest BCUT2D eigenvalue weighted by Crippen LogP contribution is -2.49. The number of nitrogens with one attached hydrogen (secondary N) is 1. The molecule has 1 atom stereocenters. The van der Waals surface area contributed by atoms with Gasteiger partial charge in [0.2, 0.25) is 0 Å². The molecule has 10 heteroatoms. The first-order chi connectivity index (χ1) is 18.7. The van der Waals surface area contributed by atoms with Gasteiger partial charge in [0.1, 0.15) is 17.3 Å². The number of aryl methyl sites for hydroxylation is 1. The Labute approximate surface area is 236 Å². The monoisotopic (exact) mass is 563 g/mol. The Morgan fingerprint density at radius 2 is 1.85 bits per heavy atom. The molecule has 1 unspecified atom stereocenters. The molecule has 0 aliphatic carbocycles. The molecule has 4 heterocycles. The lowest BCUT2D eigenvalue weighted by molar-refractivity contribution is -0.119. The van der Waals surface area contributed by atoms with E-state index < -0.39 is 5.54 Å². The molecule has 0 radical (unpaired) electrons. The van der Waals surface area contributed by atoms with Crippen LogP contribution in [0.25, 0.3) is 11.4 Å². The van der Waals surface area contributed by atoms with Crippen molar-refractivity contribution < 1.29 is 14.3 Å². The summed E-state index contributed by atoms with van der Waals surface area (Å²) in [5.41, 5.74) is 4.14. The Kier molecular flexibility index (Phi) is 6.00. The van der Waals surface area contributed by atoms with Crippen molar-refractivity contribution in [2.24, 2.45) is 0 Å². The molecular weight excluding hydrogens is 537 g/mol. The van der Waals surface area contributed by atoms with Crippen molar-refractivity contribution in [3.63, 3.8) is 0 Å². The zero-order valence-electron chi connectivity index (χ0n) is 22.2. The van der Waals surface area contributed by atoms with E-state index in [0.717, 1.165) is 33.9 Å². The third-order valence-corrected chi connectivity index (χ3v) is 7.91. The van der Waals surface area contributed by atoms with Crippen LogP contribution in [-0.2, 0) is 16.9 Å². The molecule has 0 saturated heterocycles. The number of benzene rings is 2. The van der Waals surface area contributed by atoms with Crippen molar-refractivity contribution in [2.75, 3.05) is 24.4 Å². The van der Waals surface area contributed by atoms with Crippen LogP contribution in [0.15, 0.2) is 48.7 Å². The SMILES string of the molecule is COc1ccc(-c2nc3c(n2C(C)C)C2(C(=O)Nc4cc(Cl)ccc42)N(c2cc(Cl)cnc2C)C3)c(OC)c1. The number of pyridine rings is 1. The average molecular weight is 564 g/mol. The van der Waals surface area contributed by atoms with Crippen molar-refractivity contribution in [3.8, 4) is 22.9 Å². The van der Waals surface area contributed by atoms with Gasteiger partial charge in [0.25, 0.3) is 5.91 Å². The third kappa shape index (κ3) is 3.62. The minimum absolute atomic E-state index is 0.0392. The summed E-state index contributed by atoms with van der Waals surface area (Å²) in [4.78, 5) is 26.0. The maximum absolute atomic E-state index is 14.3. The van der Waals surface area contributed by atoms with E-state index >= 15 is 0 Å². The topological polar surface area (TPSA) is 81.5 Å². The van der Waals surface area contributed by atoms with Crippen LogP contribution >= 0.6 is 23.2 Å². The summed E-state index contributed by atoms with van der Waals surface area (Å²) in [5, 5.41) is 4.12. The smallest absolute Gasteiger partial charge is 0.261 e. The molecule has 2 aromatic heterocycles. The number of rotatable bonds is 5. The second kappa shape index (κ2) is 9.17. The Bertz CT molecular complexity index is 1650. The minimum atomic E-state index is -1.22. The van der Waals surface area contributed by atoms with Gasteiger partial charge in [-0.1, -0.05) is 29.3 Å². The summed E-state index contributed by atoms with van der Waals surface area (Å²) in [6.07, 6.45) is 1.61. The van der Waals surface area contributed by atoms with Gasteiger partial charge >= 0.3 is 0 Å². The highest BCUT2D eigenvalue weighted by Gasteiger charge is 2.60. The highest BCUT2D eigenvalue weighted by atomic mass is 35.5. The quantitative estimate of drug-likeness (QED) is 0.303. The van der Waals surface area contributed by atoms with E-state index in [4.69, 9.17) is 37.7 Å². The lowest BCUT2D eigenvalue weighted by atomic mass is 9.87. The predicted octanol–water partition coefficient (Wildman–Crippen LogP) is 6.37. The maximum Gasteiger partial charge on any atom is 0.261 e. The van der Waals surface area contributed by atoms with Crippen molar-refractivity contribution in [2.45, 2.75) is 38.9 Å². The van der Waals surface area contributed by atoms with Gasteiger partial charge in [-0.3, -0.25) is 9.78 Å². The molecule has 2 aromatic carbocycles. The molecule has 0 bridgehead atoms. The van der Waals surface area contributed by atoms with Crippen molar-refractivity contribution in [1.29, 1.82) is 0 Å². The van der Waals surface area contributed by atoms with Crippen LogP contribution in [-0.4, -0.2) is 34.7 Å². The van der Waals surface area contributed by atoms with Crippen molar-refractivity contribution >= 4 is 40.5 Å². The molecule has 2 aliphatic rings. The highest BCUT2D eigenvalue weighted by Crippen LogP contribution is 2.55. The number of anilines is 2. The molecule has 39 heavy (non-hydrogen) atoms. The fourth-order valence-corrected chi connectivity index (χ4v) is 6.18. The second-order valence-corrected chi connectivity index (χ2v) is 10.8. The van der Waals surface area contributed by atoms with Crippen LogP contribution in [0.5, 0.6) is 11.5 Å². The fourth-order valence-electron chi connectivity index (χ4n) is 5.85. The summed E-state index contributed by atoms with van der Waals surface area (Å²) >= 11 is 12.8. The molecule has 8 nitrogen and oxygen atoms in total. The number of carbonyl (C=O) groups excluding carboxylic acids is 1. The van der Waals surface area contributed by atoms with Gasteiger partial charge in [-0.2, -0.15) is 0 Å². The molecule has 1 amide bonds. The molecule has 1 N–H and O–H groups in total. The van der Waals surface area contributed by atoms with Gasteiger partial charge in [0.15, 0.2) is 5.54 Å². The standard InChI is InChI=1S/C29H27Cl2N5O3/c1-15(2)36-26-23(33-27(36)20-8-7-19(38-4)12-25(20)39-5)14-35(24-11-18(31)13-32-16(24)3)29(26)21-9-6-17(30)10-22(21)34-28(29)37/h6-13,15H,14H2,1-5H3,(H,34,37). The summed E-state index contributed by atoms with van der Waals surface area (Å²) in [7, 11) is 3.24. The van der Waals surface area contributed by atoms with Crippen LogP contribution < -0.4 is 19.7 Å². The molecule has 6 rings (SSSR count). The molecule has 2 aliphatic heterocycles. The first-order valence-corrected chi connectivity index (χ1v) is 13.3. The van der Waals surface area contributed by atoms with Gasteiger partial charge < -0.3 is 24.3 Å². The van der Waals surface area contributed by atoms with Crippen molar-refractivity contribution in [3.05, 3.63) is 81.4 Å². The van der Waals surface area contributed by atoms with Gasteiger partial charge in [0.05, 0.1) is 54.1 Å². The molecule has 200 valence electrons. The zero-order valence-corrected chi connectivity index (χ0v) is 23.7. The second-order valence-electron chi connectivity index (χ2n) is 9.96. The van der Waals surface area contributed by atoms with Gasteiger partial charge in [-0.05, 0) is 51.1 Å². The van der Waals surface area contributed by atoms with Gasteiger partial charge in [-0.25, -0.2) is 4.98 Å². The number of methoxy groups -OCH3 is 2. The number of carbonyl (C=O) groups is 1. The van der Waals surface area contributed by atoms with Crippen LogP contribution in [0.2, 0.25) is 10.0 Å². The fraction of sp³-hybridized carbons (Fsp3) is 0.276. The maximum atomic E-state index is 14.3. The van der Waals surface area contributed by atoms with Crippen LogP contribution in [0, 0.1) is 6.92 Å². The minimum Gasteiger partial charge on any atom is -0.497 e. The average Bonchev–Trinajstić information content (AvgIpc) is 3.53. The van der Waals surface area contributed by atoms with Crippen LogP contribution in [0.3, 0.4) is 0 Å². The summed E-state index contributed by atoms with van der Waals surface area (Å²) < 4.78 is 13.3. The van der Waals surface area contributed by atoms with E-state index in [0.29, 0.717) is 39.6 Å². The van der Waals surface area contributed by atoms with E-state index in [1.54, 1.807) is 26.5 Å². The number of ether oxygens (including phenoxy) is 2. The number of imidazole rings is 1. The Hall–Kier alpha value is -3.75.